The van der Waals surface area contributed by atoms with Crippen molar-refractivity contribution in [1.29, 1.82) is 0 Å². The highest BCUT2D eigenvalue weighted by Crippen LogP contribution is 2.14. The van der Waals surface area contributed by atoms with E-state index in [9.17, 15) is 0 Å². The van der Waals surface area contributed by atoms with Gasteiger partial charge < -0.3 is 24.8 Å². The lowest BCUT2D eigenvalue weighted by molar-refractivity contribution is 0.288. The Kier molecular flexibility index (Phi) is 6.00. The van der Waals surface area contributed by atoms with E-state index in [1.165, 1.54) is 13.3 Å². The number of anilines is 1. The molecule has 0 amide bonds. The molecule has 1 heterocycles. The summed E-state index contributed by atoms with van der Waals surface area (Å²) < 4.78 is 5.03. The van der Waals surface area contributed by atoms with E-state index in [4.69, 9.17) is 19.9 Å². The van der Waals surface area contributed by atoms with Gasteiger partial charge in [0, 0.05) is 25.4 Å². The van der Waals surface area contributed by atoms with Crippen LogP contribution in [0.4, 0.5) is 5.95 Å². The molecule has 0 bridgehead atoms. The summed E-state index contributed by atoms with van der Waals surface area (Å²) in [5.74, 6) is 0.569. The van der Waals surface area contributed by atoms with Crippen molar-refractivity contribution < 1.29 is 19.9 Å². The van der Waals surface area contributed by atoms with Gasteiger partial charge in [0.2, 0.25) is 11.8 Å². The second kappa shape index (κ2) is 7.27. The van der Waals surface area contributed by atoms with E-state index in [1.54, 1.807) is 0 Å². The summed E-state index contributed by atoms with van der Waals surface area (Å²) in [6.07, 6.45) is 1.94. The lowest BCUT2D eigenvalue weighted by Crippen LogP contribution is -2.37. The van der Waals surface area contributed by atoms with Crippen molar-refractivity contribution in [3.8, 4) is 5.88 Å². The maximum atomic E-state index is 9.16. The topological polar surface area (TPSA) is 98.9 Å². The van der Waals surface area contributed by atoms with Crippen LogP contribution in [0.1, 0.15) is 20.3 Å². The van der Waals surface area contributed by atoms with Gasteiger partial charge >= 0.3 is 7.12 Å². The quantitative estimate of drug-likeness (QED) is 0.532. The third kappa shape index (κ3) is 4.05. The number of aromatic nitrogens is 2. The first-order chi connectivity index (χ1) is 9.01. The fourth-order valence-corrected chi connectivity index (χ4v) is 1.68. The normalized spacial score (nSPS) is 10.7. The van der Waals surface area contributed by atoms with Gasteiger partial charge in [0.15, 0.2) is 0 Å². The maximum Gasteiger partial charge on any atom is 0.495 e. The number of rotatable bonds is 7. The molecule has 3 N–H and O–H groups in total. The number of aliphatic hydroxyl groups excluding tert-OH is 1. The van der Waals surface area contributed by atoms with Crippen molar-refractivity contribution in [2.45, 2.75) is 26.3 Å². The van der Waals surface area contributed by atoms with Crippen LogP contribution in [-0.2, 0) is 0 Å². The molecule has 0 spiro atoms. The van der Waals surface area contributed by atoms with Crippen LogP contribution >= 0.6 is 0 Å². The molecule has 0 aliphatic carbocycles. The Balaban J connectivity index is 3.04. The molecule has 0 saturated carbocycles. The highest BCUT2D eigenvalue weighted by Gasteiger charge is 2.22. The summed E-state index contributed by atoms with van der Waals surface area (Å²) in [5.41, 5.74) is 0.122. The van der Waals surface area contributed by atoms with E-state index >= 15 is 0 Å². The molecule has 19 heavy (non-hydrogen) atoms. The molecule has 0 atom stereocenters. The summed E-state index contributed by atoms with van der Waals surface area (Å²) in [5, 5.41) is 27.2. The number of hydrogen-bond donors (Lipinski definition) is 3. The second-order valence-electron chi connectivity index (χ2n) is 4.37. The number of methoxy groups -OCH3 is 1. The minimum atomic E-state index is -1.67. The molecule has 8 heteroatoms. The van der Waals surface area contributed by atoms with E-state index in [-0.39, 0.29) is 24.0 Å². The van der Waals surface area contributed by atoms with Crippen molar-refractivity contribution in [2.75, 3.05) is 25.2 Å². The fourth-order valence-electron chi connectivity index (χ4n) is 1.68. The Hall–Kier alpha value is -1.38. The standard InChI is InChI=1S/C11H20BN3O4/c1-8(2)15(5-4-6-16)11-13-7-9(12(17)18)10(14-11)19-3/h7-8,16-18H,4-6H2,1-3H3. The lowest BCUT2D eigenvalue weighted by Gasteiger charge is -2.26. The zero-order chi connectivity index (χ0) is 14.4. The molecule has 0 aromatic carbocycles. The molecule has 1 aromatic heterocycles. The van der Waals surface area contributed by atoms with E-state index in [0.29, 0.717) is 18.9 Å². The van der Waals surface area contributed by atoms with Gasteiger partial charge in [-0.3, -0.25) is 0 Å². The van der Waals surface area contributed by atoms with Gasteiger partial charge in [0.25, 0.3) is 0 Å². The van der Waals surface area contributed by atoms with Gasteiger partial charge in [-0.1, -0.05) is 0 Å². The summed E-state index contributed by atoms with van der Waals surface area (Å²) in [4.78, 5) is 10.2. The number of hydrogen-bond acceptors (Lipinski definition) is 7. The number of ether oxygens (including phenoxy) is 1. The Bertz CT molecular complexity index is 404. The molecule has 0 unspecified atom stereocenters. The van der Waals surface area contributed by atoms with Crippen molar-refractivity contribution in [1.82, 2.24) is 9.97 Å². The van der Waals surface area contributed by atoms with Crippen molar-refractivity contribution in [3.63, 3.8) is 0 Å². The van der Waals surface area contributed by atoms with Crippen LogP contribution in [-0.4, -0.2) is 58.5 Å². The zero-order valence-corrected chi connectivity index (χ0v) is 11.4. The highest BCUT2D eigenvalue weighted by molar-refractivity contribution is 6.59. The zero-order valence-electron chi connectivity index (χ0n) is 11.4. The van der Waals surface area contributed by atoms with Crippen molar-refractivity contribution in [3.05, 3.63) is 6.20 Å². The van der Waals surface area contributed by atoms with Crippen LogP contribution in [0.3, 0.4) is 0 Å². The molecule has 1 aromatic rings. The van der Waals surface area contributed by atoms with Gasteiger partial charge in [-0.05, 0) is 20.3 Å². The monoisotopic (exact) mass is 269 g/mol. The van der Waals surface area contributed by atoms with Gasteiger partial charge in [-0.25, -0.2) is 4.98 Å². The first kappa shape index (κ1) is 15.7. The minimum absolute atomic E-state index is 0.0911. The Morgan fingerprint density at radius 2 is 2.11 bits per heavy atom. The molecular formula is C11H20BN3O4. The predicted octanol–water partition coefficient (Wildman–Crippen LogP) is -1.24. The fraction of sp³-hybridized carbons (Fsp3) is 0.636. The van der Waals surface area contributed by atoms with E-state index in [1.807, 2.05) is 18.7 Å². The Morgan fingerprint density at radius 1 is 1.42 bits per heavy atom. The first-order valence-corrected chi connectivity index (χ1v) is 6.15. The summed E-state index contributed by atoms with van der Waals surface area (Å²) in [6, 6.07) is 0.154. The van der Waals surface area contributed by atoms with Crippen LogP contribution in [0.15, 0.2) is 6.20 Å². The van der Waals surface area contributed by atoms with Gasteiger partial charge in [0.1, 0.15) is 0 Å². The SMILES string of the molecule is COc1nc(N(CCCO)C(C)C)ncc1B(O)O. The molecule has 7 nitrogen and oxygen atoms in total. The molecular weight excluding hydrogens is 249 g/mol. The molecule has 0 saturated heterocycles. The van der Waals surface area contributed by atoms with Gasteiger partial charge in [-0.15, -0.1) is 0 Å². The third-order valence-electron chi connectivity index (χ3n) is 2.68. The van der Waals surface area contributed by atoms with Gasteiger partial charge in [0.05, 0.1) is 12.6 Å². The largest absolute Gasteiger partial charge is 0.495 e. The smallest absolute Gasteiger partial charge is 0.481 e. The average molecular weight is 269 g/mol. The minimum Gasteiger partial charge on any atom is -0.481 e. The molecule has 0 aliphatic heterocycles. The van der Waals surface area contributed by atoms with Crippen LogP contribution in [0.25, 0.3) is 0 Å². The number of nitrogens with zero attached hydrogens (tertiary/aromatic N) is 3. The van der Waals surface area contributed by atoms with Crippen LogP contribution in [0.5, 0.6) is 5.88 Å². The van der Waals surface area contributed by atoms with E-state index in [0.717, 1.165) is 0 Å². The summed E-state index contributed by atoms with van der Waals surface area (Å²) in [7, 11) is -0.264. The first-order valence-electron chi connectivity index (χ1n) is 6.15. The lowest BCUT2D eigenvalue weighted by atomic mass is 9.82. The predicted molar refractivity (Wildman–Crippen MR) is 72.6 cm³/mol. The Morgan fingerprint density at radius 3 is 2.58 bits per heavy atom. The highest BCUT2D eigenvalue weighted by atomic mass is 16.5. The molecule has 0 fully saturated rings. The van der Waals surface area contributed by atoms with E-state index < -0.39 is 7.12 Å². The van der Waals surface area contributed by atoms with Crippen LogP contribution < -0.4 is 15.1 Å². The van der Waals surface area contributed by atoms with Crippen molar-refractivity contribution >= 4 is 18.5 Å². The summed E-state index contributed by atoms with van der Waals surface area (Å²) in [6.45, 7) is 4.68. The van der Waals surface area contributed by atoms with Gasteiger partial charge in [-0.2, -0.15) is 4.98 Å². The molecule has 106 valence electrons. The molecule has 0 radical (unpaired) electrons. The summed E-state index contributed by atoms with van der Waals surface area (Å²) >= 11 is 0. The van der Waals surface area contributed by atoms with Crippen LogP contribution in [0.2, 0.25) is 0 Å². The molecule has 1 rings (SSSR count). The van der Waals surface area contributed by atoms with Crippen molar-refractivity contribution in [2.24, 2.45) is 0 Å². The maximum absolute atomic E-state index is 9.16. The average Bonchev–Trinajstić information content (AvgIpc) is 2.38. The van der Waals surface area contributed by atoms with E-state index in [2.05, 4.69) is 9.97 Å². The third-order valence-corrected chi connectivity index (χ3v) is 2.68. The Labute approximate surface area is 113 Å². The second-order valence-corrected chi connectivity index (χ2v) is 4.37. The molecule has 0 aliphatic rings. The number of aliphatic hydroxyl groups is 1. The van der Waals surface area contributed by atoms with Crippen LogP contribution in [0, 0.1) is 0 Å².